The molecule has 0 unspecified atom stereocenters. The molecule has 27 heavy (non-hydrogen) atoms. The predicted molar refractivity (Wildman–Crippen MR) is 109 cm³/mol. The highest BCUT2D eigenvalue weighted by atomic mass is 16.5. The van der Waals surface area contributed by atoms with Crippen molar-refractivity contribution >= 4 is 10.9 Å². The van der Waals surface area contributed by atoms with Crippen molar-refractivity contribution in [1.29, 1.82) is 0 Å². The molecule has 134 valence electrons. The summed E-state index contributed by atoms with van der Waals surface area (Å²) >= 11 is 0. The molecule has 0 aliphatic heterocycles. The molecule has 0 saturated carbocycles. The number of para-hydroxylation sites is 1. The van der Waals surface area contributed by atoms with Crippen molar-refractivity contribution in [2.75, 3.05) is 7.11 Å². The Labute approximate surface area is 157 Å². The normalized spacial score (nSPS) is 10.9. The zero-order chi connectivity index (χ0) is 19.0. The maximum atomic E-state index is 13.4. The standard InChI is InChI=1S/C23H20N2O2/c1-15-8-13-21(16(2)14-15)25-22(17-9-11-18(27-3)12-10-17)24-20-7-5-4-6-19(20)23(25)26/h4-14H,1-3H3. The topological polar surface area (TPSA) is 44.1 Å². The van der Waals surface area contributed by atoms with Crippen LogP contribution in [0.25, 0.3) is 28.0 Å². The van der Waals surface area contributed by atoms with Gasteiger partial charge in [-0.05, 0) is 61.9 Å². The SMILES string of the molecule is COc1ccc(-c2nc3ccccc3c(=O)n2-c2ccc(C)cc2C)cc1. The van der Waals surface area contributed by atoms with Crippen LogP contribution in [0.2, 0.25) is 0 Å². The van der Waals surface area contributed by atoms with Gasteiger partial charge in [-0.1, -0.05) is 29.8 Å². The summed E-state index contributed by atoms with van der Waals surface area (Å²) in [5, 5.41) is 0.606. The first kappa shape index (κ1) is 17.0. The second-order valence-electron chi connectivity index (χ2n) is 6.61. The largest absolute Gasteiger partial charge is 0.497 e. The van der Waals surface area contributed by atoms with Crippen LogP contribution in [0.3, 0.4) is 0 Å². The predicted octanol–water partition coefficient (Wildman–Crippen LogP) is 4.68. The van der Waals surface area contributed by atoms with E-state index in [0.717, 1.165) is 28.1 Å². The molecule has 1 aromatic heterocycles. The van der Waals surface area contributed by atoms with Crippen molar-refractivity contribution in [2.45, 2.75) is 13.8 Å². The molecule has 1 heterocycles. The van der Waals surface area contributed by atoms with Gasteiger partial charge in [0.25, 0.3) is 5.56 Å². The Hall–Kier alpha value is -3.40. The molecule has 0 aliphatic carbocycles. The van der Waals surface area contributed by atoms with Crippen LogP contribution in [0, 0.1) is 13.8 Å². The number of methoxy groups -OCH3 is 1. The second-order valence-corrected chi connectivity index (χ2v) is 6.61. The maximum absolute atomic E-state index is 13.4. The highest BCUT2D eigenvalue weighted by molar-refractivity contribution is 5.80. The summed E-state index contributed by atoms with van der Waals surface area (Å²) in [6, 6.07) is 21.1. The van der Waals surface area contributed by atoms with E-state index in [1.54, 1.807) is 11.7 Å². The van der Waals surface area contributed by atoms with Crippen molar-refractivity contribution in [3.63, 3.8) is 0 Å². The number of ether oxygens (including phenoxy) is 1. The first-order valence-corrected chi connectivity index (χ1v) is 8.82. The number of hydrogen-bond donors (Lipinski definition) is 0. The number of nitrogens with zero attached hydrogens (tertiary/aromatic N) is 2. The van der Waals surface area contributed by atoms with Crippen molar-refractivity contribution in [1.82, 2.24) is 9.55 Å². The van der Waals surface area contributed by atoms with E-state index in [1.807, 2.05) is 74.5 Å². The summed E-state index contributed by atoms with van der Waals surface area (Å²) in [5.41, 5.74) is 4.51. The molecule has 0 aliphatic rings. The van der Waals surface area contributed by atoms with Crippen molar-refractivity contribution < 1.29 is 4.74 Å². The lowest BCUT2D eigenvalue weighted by molar-refractivity contribution is 0.415. The van der Waals surface area contributed by atoms with E-state index in [0.29, 0.717) is 16.7 Å². The number of benzene rings is 3. The lowest BCUT2D eigenvalue weighted by atomic mass is 10.1. The quantitative estimate of drug-likeness (QED) is 0.535. The Morgan fingerprint density at radius 1 is 0.926 bits per heavy atom. The summed E-state index contributed by atoms with van der Waals surface area (Å²) in [6.07, 6.45) is 0. The average molecular weight is 356 g/mol. The van der Waals surface area contributed by atoms with E-state index in [-0.39, 0.29) is 5.56 Å². The third-order valence-electron chi connectivity index (χ3n) is 4.72. The number of rotatable bonds is 3. The van der Waals surface area contributed by atoms with Gasteiger partial charge in [-0.15, -0.1) is 0 Å². The van der Waals surface area contributed by atoms with Crippen LogP contribution in [0.1, 0.15) is 11.1 Å². The van der Waals surface area contributed by atoms with Crippen molar-refractivity contribution in [3.05, 3.63) is 88.2 Å². The van der Waals surface area contributed by atoms with Gasteiger partial charge >= 0.3 is 0 Å². The smallest absolute Gasteiger partial charge is 0.266 e. The Kier molecular flexibility index (Phi) is 4.24. The summed E-state index contributed by atoms with van der Waals surface area (Å²) in [7, 11) is 1.63. The Balaban J connectivity index is 2.08. The van der Waals surface area contributed by atoms with Gasteiger partial charge in [0.1, 0.15) is 11.6 Å². The van der Waals surface area contributed by atoms with E-state index >= 15 is 0 Å². The van der Waals surface area contributed by atoms with Gasteiger partial charge in [0.2, 0.25) is 0 Å². The molecule has 0 saturated heterocycles. The van der Waals surface area contributed by atoms with Crippen LogP contribution in [-0.2, 0) is 0 Å². The van der Waals surface area contributed by atoms with Gasteiger partial charge < -0.3 is 4.74 Å². The molecule has 0 atom stereocenters. The zero-order valence-corrected chi connectivity index (χ0v) is 15.6. The molecule has 0 fully saturated rings. The molecule has 0 N–H and O–H groups in total. The minimum Gasteiger partial charge on any atom is -0.497 e. The van der Waals surface area contributed by atoms with Crippen LogP contribution >= 0.6 is 0 Å². The number of aryl methyl sites for hydroxylation is 2. The van der Waals surface area contributed by atoms with Gasteiger partial charge in [-0.3, -0.25) is 9.36 Å². The van der Waals surface area contributed by atoms with Crippen LogP contribution in [0.5, 0.6) is 5.75 Å². The molecule has 0 amide bonds. The van der Waals surface area contributed by atoms with Crippen LogP contribution in [-0.4, -0.2) is 16.7 Å². The number of fused-ring (bicyclic) bond motifs is 1. The summed E-state index contributed by atoms with van der Waals surface area (Å²) in [5.74, 6) is 1.38. The molecule has 4 nitrogen and oxygen atoms in total. The molecule has 4 rings (SSSR count). The monoisotopic (exact) mass is 356 g/mol. The Bertz CT molecular complexity index is 1190. The lowest BCUT2D eigenvalue weighted by Crippen LogP contribution is -2.22. The van der Waals surface area contributed by atoms with Crippen molar-refractivity contribution in [2.24, 2.45) is 0 Å². The number of hydrogen-bond acceptors (Lipinski definition) is 3. The molecule has 0 bridgehead atoms. The van der Waals surface area contributed by atoms with Crippen molar-refractivity contribution in [3.8, 4) is 22.8 Å². The fourth-order valence-corrected chi connectivity index (χ4v) is 3.35. The average Bonchev–Trinajstić information content (AvgIpc) is 2.69. The third kappa shape index (κ3) is 2.99. The number of aromatic nitrogens is 2. The summed E-state index contributed by atoms with van der Waals surface area (Å²) in [6.45, 7) is 4.06. The molecule has 4 heteroatoms. The minimum absolute atomic E-state index is 0.0710. The van der Waals surface area contributed by atoms with Crippen LogP contribution in [0.4, 0.5) is 0 Å². The molecular weight excluding hydrogens is 336 g/mol. The second kappa shape index (κ2) is 6.72. The van der Waals surface area contributed by atoms with Gasteiger partial charge in [0, 0.05) is 5.56 Å². The zero-order valence-electron chi connectivity index (χ0n) is 15.6. The van der Waals surface area contributed by atoms with E-state index in [1.165, 1.54) is 0 Å². The van der Waals surface area contributed by atoms with E-state index in [2.05, 4.69) is 6.07 Å². The van der Waals surface area contributed by atoms with E-state index < -0.39 is 0 Å². The highest BCUT2D eigenvalue weighted by Gasteiger charge is 2.16. The molecule has 0 spiro atoms. The minimum atomic E-state index is -0.0710. The summed E-state index contributed by atoms with van der Waals surface area (Å²) in [4.78, 5) is 18.2. The third-order valence-corrected chi connectivity index (χ3v) is 4.72. The molecule has 0 radical (unpaired) electrons. The fourth-order valence-electron chi connectivity index (χ4n) is 3.35. The fraction of sp³-hybridized carbons (Fsp3) is 0.130. The van der Waals surface area contributed by atoms with E-state index in [4.69, 9.17) is 9.72 Å². The summed E-state index contributed by atoms with van der Waals surface area (Å²) < 4.78 is 6.96. The molecule has 4 aromatic rings. The molecule has 3 aromatic carbocycles. The Morgan fingerprint density at radius 3 is 2.37 bits per heavy atom. The maximum Gasteiger partial charge on any atom is 0.266 e. The van der Waals surface area contributed by atoms with Crippen LogP contribution in [0.15, 0.2) is 71.5 Å². The molecular formula is C23H20N2O2. The van der Waals surface area contributed by atoms with Gasteiger partial charge in [-0.2, -0.15) is 0 Å². The lowest BCUT2D eigenvalue weighted by Gasteiger charge is -2.16. The Morgan fingerprint density at radius 2 is 1.67 bits per heavy atom. The van der Waals surface area contributed by atoms with Gasteiger partial charge in [0.05, 0.1) is 23.7 Å². The first-order valence-electron chi connectivity index (χ1n) is 8.82. The van der Waals surface area contributed by atoms with Gasteiger partial charge in [0.15, 0.2) is 0 Å². The van der Waals surface area contributed by atoms with Gasteiger partial charge in [-0.25, -0.2) is 4.98 Å². The first-order chi connectivity index (χ1) is 13.1. The highest BCUT2D eigenvalue weighted by Crippen LogP contribution is 2.25. The van der Waals surface area contributed by atoms with E-state index in [9.17, 15) is 4.79 Å². The van der Waals surface area contributed by atoms with Crippen LogP contribution < -0.4 is 10.3 Å².